The van der Waals surface area contributed by atoms with E-state index in [-0.39, 0.29) is 5.57 Å². The second-order valence-electron chi connectivity index (χ2n) is 7.18. The summed E-state index contributed by atoms with van der Waals surface area (Å²) in [6, 6.07) is 24.7. The molecule has 0 aliphatic carbocycles. The van der Waals surface area contributed by atoms with Gasteiger partial charge in [-0.15, -0.1) is 0 Å². The molecule has 0 unspecified atom stereocenters. The van der Waals surface area contributed by atoms with Gasteiger partial charge in [0.25, 0.3) is 11.8 Å². The normalized spacial score (nSPS) is 10.3. The standard InChI is InChI=1S/C26H24Cl2N2O2/c27-23-13-7-12-21(24(23)28)18-22(25(31)29-16-14-19-8-3-1-4-9-19)26(32)30-17-15-20-10-5-2-6-11-20/h1-13,18H,14-17H2,(H,29,31)(H,30,32). The molecule has 0 aliphatic rings. The number of carbonyl (C=O) groups excluding carboxylic acids is 2. The molecule has 4 nitrogen and oxygen atoms in total. The van der Waals surface area contributed by atoms with E-state index in [4.69, 9.17) is 23.2 Å². The molecule has 0 spiro atoms. The Kier molecular flexibility index (Phi) is 8.90. The van der Waals surface area contributed by atoms with Gasteiger partial charge in [-0.2, -0.15) is 0 Å². The van der Waals surface area contributed by atoms with Gasteiger partial charge in [-0.05, 0) is 41.7 Å². The summed E-state index contributed by atoms with van der Waals surface area (Å²) in [5.74, 6) is -0.927. The molecule has 0 aromatic heterocycles. The van der Waals surface area contributed by atoms with Crippen LogP contribution < -0.4 is 10.6 Å². The van der Waals surface area contributed by atoms with Crippen molar-refractivity contribution in [2.75, 3.05) is 13.1 Å². The van der Waals surface area contributed by atoms with Gasteiger partial charge in [0.2, 0.25) is 0 Å². The number of benzene rings is 3. The highest BCUT2D eigenvalue weighted by molar-refractivity contribution is 6.43. The van der Waals surface area contributed by atoms with Crippen LogP contribution in [-0.4, -0.2) is 24.9 Å². The largest absolute Gasteiger partial charge is 0.352 e. The van der Waals surface area contributed by atoms with Gasteiger partial charge < -0.3 is 10.6 Å². The highest BCUT2D eigenvalue weighted by Crippen LogP contribution is 2.27. The van der Waals surface area contributed by atoms with Gasteiger partial charge in [-0.25, -0.2) is 0 Å². The van der Waals surface area contributed by atoms with Crippen LogP contribution in [0, 0.1) is 0 Å². The zero-order chi connectivity index (χ0) is 22.8. The van der Waals surface area contributed by atoms with Crippen molar-refractivity contribution < 1.29 is 9.59 Å². The smallest absolute Gasteiger partial charge is 0.256 e. The quantitative estimate of drug-likeness (QED) is 0.262. The lowest BCUT2D eigenvalue weighted by Gasteiger charge is -2.11. The number of nitrogens with one attached hydrogen (secondary N) is 2. The Balaban J connectivity index is 1.71. The Labute approximate surface area is 198 Å². The van der Waals surface area contributed by atoms with Crippen LogP contribution in [0.15, 0.2) is 84.4 Å². The average molecular weight is 467 g/mol. The maximum absolute atomic E-state index is 12.9. The molecule has 0 fully saturated rings. The molecule has 0 radical (unpaired) electrons. The van der Waals surface area contributed by atoms with E-state index in [0.29, 0.717) is 41.5 Å². The second kappa shape index (κ2) is 12.1. The molecular formula is C26H24Cl2N2O2. The van der Waals surface area contributed by atoms with Gasteiger partial charge in [0.15, 0.2) is 0 Å². The lowest BCUT2D eigenvalue weighted by Crippen LogP contribution is -2.36. The molecule has 0 saturated carbocycles. The van der Waals surface area contributed by atoms with Crippen molar-refractivity contribution in [1.29, 1.82) is 0 Å². The Morgan fingerprint density at radius 2 is 1.19 bits per heavy atom. The molecule has 3 aromatic rings. The minimum atomic E-state index is -0.464. The predicted molar refractivity (Wildman–Crippen MR) is 131 cm³/mol. The fourth-order valence-electron chi connectivity index (χ4n) is 3.14. The van der Waals surface area contributed by atoms with Crippen molar-refractivity contribution in [3.05, 3.63) is 111 Å². The SMILES string of the molecule is O=C(NCCc1ccccc1)C(=Cc1cccc(Cl)c1Cl)C(=O)NCCc1ccccc1. The fraction of sp³-hybridized carbons (Fsp3) is 0.154. The third-order valence-electron chi connectivity index (χ3n) is 4.85. The predicted octanol–water partition coefficient (Wildman–Crippen LogP) is 5.09. The van der Waals surface area contributed by atoms with Crippen LogP contribution in [0.5, 0.6) is 0 Å². The molecule has 32 heavy (non-hydrogen) atoms. The molecule has 164 valence electrons. The van der Waals surface area contributed by atoms with Crippen molar-refractivity contribution in [3.8, 4) is 0 Å². The van der Waals surface area contributed by atoms with Gasteiger partial charge in [-0.1, -0.05) is 96.0 Å². The van der Waals surface area contributed by atoms with Crippen LogP contribution in [0.3, 0.4) is 0 Å². The van der Waals surface area contributed by atoms with Crippen molar-refractivity contribution in [2.45, 2.75) is 12.8 Å². The van der Waals surface area contributed by atoms with Crippen LogP contribution in [0.2, 0.25) is 10.0 Å². The Hall–Kier alpha value is -3.08. The molecule has 2 N–H and O–H groups in total. The van der Waals surface area contributed by atoms with Gasteiger partial charge in [0.05, 0.1) is 10.0 Å². The molecule has 0 atom stereocenters. The van der Waals surface area contributed by atoms with E-state index >= 15 is 0 Å². The Bertz CT molecular complexity index is 1020. The molecule has 0 bridgehead atoms. The Morgan fingerprint density at radius 3 is 1.69 bits per heavy atom. The van der Waals surface area contributed by atoms with E-state index in [9.17, 15) is 9.59 Å². The average Bonchev–Trinajstić information content (AvgIpc) is 2.81. The number of hydrogen-bond acceptors (Lipinski definition) is 2. The van der Waals surface area contributed by atoms with E-state index < -0.39 is 11.8 Å². The van der Waals surface area contributed by atoms with E-state index in [1.165, 1.54) is 6.08 Å². The molecule has 6 heteroatoms. The molecule has 3 rings (SSSR count). The van der Waals surface area contributed by atoms with E-state index in [1.54, 1.807) is 18.2 Å². The van der Waals surface area contributed by atoms with Crippen LogP contribution in [0.4, 0.5) is 0 Å². The first-order chi connectivity index (χ1) is 15.5. The number of rotatable bonds is 9. The summed E-state index contributed by atoms with van der Waals surface area (Å²) in [7, 11) is 0. The Morgan fingerprint density at radius 1 is 0.688 bits per heavy atom. The van der Waals surface area contributed by atoms with Gasteiger partial charge in [0, 0.05) is 13.1 Å². The van der Waals surface area contributed by atoms with Crippen LogP contribution >= 0.6 is 23.2 Å². The van der Waals surface area contributed by atoms with E-state index in [2.05, 4.69) is 10.6 Å². The van der Waals surface area contributed by atoms with Crippen LogP contribution in [0.1, 0.15) is 16.7 Å². The fourth-order valence-corrected chi connectivity index (χ4v) is 3.50. The van der Waals surface area contributed by atoms with E-state index in [0.717, 1.165) is 11.1 Å². The summed E-state index contributed by atoms with van der Waals surface area (Å²) in [5.41, 5.74) is 2.69. The highest BCUT2D eigenvalue weighted by Gasteiger charge is 2.19. The summed E-state index contributed by atoms with van der Waals surface area (Å²) in [5, 5.41) is 6.31. The number of hydrogen-bond donors (Lipinski definition) is 2. The van der Waals surface area contributed by atoms with Crippen molar-refractivity contribution in [3.63, 3.8) is 0 Å². The number of carbonyl (C=O) groups is 2. The molecular weight excluding hydrogens is 443 g/mol. The first-order valence-electron chi connectivity index (χ1n) is 10.3. The zero-order valence-corrected chi connectivity index (χ0v) is 19.0. The summed E-state index contributed by atoms with van der Waals surface area (Å²) < 4.78 is 0. The highest BCUT2D eigenvalue weighted by atomic mass is 35.5. The summed E-state index contributed by atoms with van der Waals surface area (Å²) in [4.78, 5) is 25.8. The monoisotopic (exact) mass is 466 g/mol. The van der Waals surface area contributed by atoms with Crippen LogP contribution in [0.25, 0.3) is 6.08 Å². The number of amides is 2. The van der Waals surface area contributed by atoms with Crippen molar-refractivity contribution in [2.24, 2.45) is 0 Å². The minimum absolute atomic E-state index is 0.0182. The second-order valence-corrected chi connectivity index (χ2v) is 7.97. The summed E-state index contributed by atoms with van der Waals surface area (Å²) in [6.45, 7) is 0.807. The molecule has 0 heterocycles. The maximum Gasteiger partial charge on any atom is 0.256 e. The van der Waals surface area contributed by atoms with Gasteiger partial charge in [-0.3, -0.25) is 9.59 Å². The molecule has 3 aromatic carbocycles. The lowest BCUT2D eigenvalue weighted by molar-refractivity contribution is -0.123. The zero-order valence-electron chi connectivity index (χ0n) is 17.5. The van der Waals surface area contributed by atoms with Gasteiger partial charge in [0.1, 0.15) is 5.57 Å². The maximum atomic E-state index is 12.9. The minimum Gasteiger partial charge on any atom is -0.352 e. The van der Waals surface area contributed by atoms with Crippen LogP contribution in [-0.2, 0) is 22.4 Å². The first-order valence-corrected chi connectivity index (χ1v) is 11.1. The molecule has 2 amide bonds. The molecule has 0 saturated heterocycles. The van der Waals surface area contributed by atoms with E-state index in [1.807, 2.05) is 60.7 Å². The van der Waals surface area contributed by atoms with Crippen molar-refractivity contribution >= 4 is 41.1 Å². The van der Waals surface area contributed by atoms with Crippen molar-refractivity contribution in [1.82, 2.24) is 10.6 Å². The summed E-state index contributed by atoms with van der Waals surface area (Å²) >= 11 is 12.4. The third kappa shape index (κ3) is 6.98. The first kappa shape index (κ1) is 23.6. The lowest BCUT2D eigenvalue weighted by atomic mass is 10.1. The third-order valence-corrected chi connectivity index (χ3v) is 5.69. The summed E-state index contributed by atoms with van der Waals surface area (Å²) in [6.07, 6.45) is 2.80. The molecule has 0 aliphatic heterocycles. The van der Waals surface area contributed by atoms with Gasteiger partial charge >= 0.3 is 0 Å². The number of halogens is 2. The topological polar surface area (TPSA) is 58.2 Å².